The lowest BCUT2D eigenvalue weighted by Crippen LogP contribution is -2.46. The molecule has 1 aromatic heterocycles. The second kappa shape index (κ2) is 9.15. The molecule has 1 amide bonds. The van der Waals surface area contributed by atoms with Gasteiger partial charge < -0.3 is 20.5 Å². The highest BCUT2D eigenvalue weighted by Crippen LogP contribution is 2.20. The molecule has 1 heterocycles. The number of pyridine rings is 1. The number of methoxy groups -OCH3 is 1. The first-order chi connectivity index (χ1) is 11.9. The highest BCUT2D eigenvalue weighted by Gasteiger charge is 2.36. The van der Waals surface area contributed by atoms with Crippen molar-refractivity contribution in [3.8, 4) is 0 Å². The Labute approximate surface area is 150 Å². The number of carbonyl (C=O) groups excluding carboxylic acids is 1. The first-order valence-electron chi connectivity index (χ1n) is 7.93. The Morgan fingerprint density at radius 2 is 2.00 bits per heavy atom. The SMILES string of the molecule is COCC(NC[C@H](N)C(F)(F)F)c1ccnc(NC(=O)OC(C)(C)C)c1. The quantitative estimate of drug-likeness (QED) is 0.675. The van der Waals surface area contributed by atoms with E-state index >= 15 is 0 Å². The summed E-state index contributed by atoms with van der Waals surface area (Å²) in [5, 5.41) is 5.20. The fourth-order valence-electron chi connectivity index (χ4n) is 1.96. The van der Waals surface area contributed by atoms with Crippen molar-refractivity contribution in [2.24, 2.45) is 5.73 Å². The van der Waals surface area contributed by atoms with Crippen LogP contribution in [0.1, 0.15) is 32.4 Å². The number of rotatable bonds is 7. The van der Waals surface area contributed by atoms with Gasteiger partial charge in [0.25, 0.3) is 0 Å². The molecule has 2 atom stereocenters. The second-order valence-corrected chi connectivity index (χ2v) is 6.67. The Hall–Kier alpha value is -1.91. The van der Waals surface area contributed by atoms with E-state index in [9.17, 15) is 18.0 Å². The highest BCUT2D eigenvalue weighted by atomic mass is 19.4. The third-order valence-corrected chi connectivity index (χ3v) is 3.15. The van der Waals surface area contributed by atoms with Gasteiger partial charge >= 0.3 is 12.3 Å². The summed E-state index contributed by atoms with van der Waals surface area (Å²) in [6, 6.07) is 0.578. The number of alkyl halides is 3. The molecule has 10 heteroatoms. The number of nitrogens with zero attached hydrogens (tertiary/aromatic N) is 1. The zero-order chi connectivity index (χ0) is 20.0. The topological polar surface area (TPSA) is 98.5 Å². The van der Waals surface area contributed by atoms with E-state index in [1.54, 1.807) is 26.8 Å². The molecular formula is C16H25F3N4O3. The average Bonchev–Trinajstić information content (AvgIpc) is 2.48. The number of ether oxygens (including phenoxy) is 2. The van der Waals surface area contributed by atoms with Gasteiger partial charge in [0.2, 0.25) is 0 Å². The molecule has 1 rings (SSSR count). The summed E-state index contributed by atoms with van der Waals surface area (Å²) >= 11 is 0. The minimum Gasteiger partial charge on any atom is -0.444 e. The number of anilines is 1. The van der Waals surface area contributed by atoms with Crippen LogP contribution in [0.25, 0.3) is 0 Å². The van der Waals surface area contributed by atoms with E-state index in [0.29, 0.717) is 5.56 Å². The van der Waals surface area contributed by atoms with Gasteiger partial charge in [-0.05, 0) is 38.5 Å². The van der Waals surface area contributed by atoms with Gasteiger partial charge in [-0.3, -0.25) is 5.32 Å². The first-order valence-corrected chi connectivity index (χ1v) is 7.93. The summed E-state index contributed by atoms with van der Waals surface area (Å²) in [5.74, 6) is 0.208. The molecule has 26 heavy (non-hydrogen) atoms. The number of aromatic nitrogens is 1. The minimum atomic E-state index is -4.49. The molecule has 0 aliphatic heterocycles. The van der Waals surface area contributed by atoms with Crippen LogP contribution in [0, 0.1) is 0 Å². The summed E-state index contributed by atoms with van der Waals surface area (Å²) in [7, 11) is 1.43. The van der Waals surface area contributed by atoms with Crippen LogP contribution < -0.4 is 16.4 Å². The maximum absolute atomic E-state index is 12.6. The van der Waals surface area contributed by atoms with E-state index in [2.05, 4.69) is 15.6 Å². The van der Waals surface area contributed by atoms with E-state index in [1.165, 1.54) is 19.4 Å². The molecular weight excluding hydrogens is 353 g/mol. The molecule has 0 saturated carbocycles. The zero-order valence-corrected chi connectivity index (χ0v) is 15.2. The van der Waals surface area contributed by atoms with Crippen molar-refractivity contribution in [1.82, 2.24) is 10.3 Å². The van der Waals surface area contributed by atoms with Gasteiger partial charge in [0, 0.05) is 19.9 Å². The van der Waals surface area contributed by atoms with Gasteiger partial charge in [0.1, 0.15) is 17.5 Å². The number of hydrogen-bond donors (Lipinski definition) is 3. The van der Waals surface area contributed by atoms with Gasteiger partial charge in [0.15, 0.2) is 0 Å². The van der Waals surface area contributed by atoms with Crippen molar-refractivity contribution < 1.29 is 27.4 Å². The number of amides is 1. The zero-order valence-electron chi connectivity index (χ0n) is 15.2. The van der Waals surface area contributed by atoms with Crippen LogP contribution in [0.4, 0.5) is 23.8 Å². The summed E-state index contributed by atoms with van der Waals surface area (Å²) in [6.07, 6.45) is -3.75. The van der Waals surface area contributed by atoms with Crippen LogP contribution in [0.15, 0.2) is 18.3 Å². The van der Waals surface area contributed by atoms with Gasteiger partial charge in [-0.25, -0.2) is 9.78 Å². The van der Waals surface area contributed by atoms with Crippen LogP contribution in [-0.4, -0.2) is 49.2 Å². The lowest BCUT2D eigenvalue weighted by Gasteiger charge is -2.23. The Morgan fingerprint density at radius 1 is 1.35 bits per heavy atom. The van der Waals surface area contributed by atoms with E-state index < -0.39 is 36.5 Å². The Kier molecular flexibility index (Phi) is 7.79. The number of nitrogens with one attached hydrogen (secondary N) is 2. The van der Waals surface area contributed by atoms with Crippen molar-refractivity contribution in [3.05, 3.63) is 23.9 Å². The predicted octanol–water partition coefficient (Wildman–Crippen LogP) is 2.60. The second-order valence-electron chi connectivity index (χ2n) is 6.67. The van der Waals surface area contributed by atoms with Gasteiger partial charge in [-0.15, -0.1) is 0 Å². The Morgan fingerprint density at radius 3 is 2.54 bits per heavy atom. The molecule has 4 N–H and O–H groups in total. The van der Waals surface area contributed by atoms with Crippen molar-refractivity contribution in [2.45, 2.75) is 44.6 Å². The maximum Gasteiger partial charge on any atom is 0.413 e. The summed E-state index contributed by atoms with van der Waals surface area (Å²) in [5.41, 5.74) is 5.03. The fourth-order valence-corrected chi connectivity index (χ4v) is 1.96. The van der Waals surface area contributed by atoms with Crippen molar-refractivity contribution in [3.63, 3.8) is 0 Å². The average molecular weight is 378 g/mol. The van der Waals surface area contributed by atoms with E-state index in [0.717, 1.165) is 0 Å². The lowest BCUT2D eigenvalue weighted by molar-refractivity contribution is -0.147. The largest absolute Gasteiger partial charge is 0.444 e. The van der Waals surface area contributed by atoms with Gasteiger partial charge in [-0.1, -0.05) is 0 Å². The number of hydrogen-bond acceptors (Lipinski definition) is 6. The number of nitrogens with two attached hydrogens (primary N) is 1. The molecule has 1 aromatic rings. The third kappa shape index (κ3) is 7.98. The highest BCUT2D eigenvalue weighted by molar-refractivity contribution is 5.83. The standard InChI is InChI=1S/C16H25F3N4O3/c1-15(2,3)26-14(24)23-13-7-10(5-6-21-13)11(9-25-4)22-8-12(20)16(17,18)19/h5-7,11-12,22H,8-9,20H2,1-4H3,(H,21,23,24)/t11?,12-/m0/s1. The monoisotopic (exact) mass is 378 g/mol. The van der Waals surface area contributed by atoms with Crippen molar-refractivity contribution in [2.75, 3.05) is 25.6 Å². The first kappa shape index (κ1) is 22.1. The smallest absolute Gasteiger partial charge is 0.413 e. The van der Waals surface area contributed by atoms with Crippen LogP contribution >= 0.6 is 0 Å². The maximum atomic E-state index is 12.6. The molecule has 0 aliphatic rings. The summed E-state index contributed by atoms with van der Waals surface area (Å²) in [4.78, 5) is 15.8. The van der Waals surface area contributed by atoms with Crippen LogP contribution in [-0.2, 0) is 9.47 Å². The van der Waals surface area contributed by atoms with Crippen LogP contribution in [0.5, 0.6) is 0 Å². The molecule has 7 nitrogen and oxygen atoms in total. The Bertz CT molecular complexity index is 591. The molecule has 0 radical (unpaired) electrons. The number of carbonyl (C=O) groups is 1. The molecule has 148 valence electrons. The molecule has 1 unspecified atom stereocenters. The third-order valence-electron chi connectivity index (χ3n) is 3.15. The number of halogens is 3. The Balaban J connectivity index is 2.81. The van der Waals surface area contributed by atoms with Gasteiger partial charge in [-0.2, -0.15) is 13.2 Å². The van der Waals surface area contributed by atoms with Crippen molar-refractivity contribution in [1.29, 1.82) is 0 Å². The normalized spacial score (nSPS) is 14.6. The van der Waals surface area contributed by atoms with Crippen LogP contribution in [0.3, 0.4) is 0 Å². The summed E-state index contributed by atoms with van der Waals surface area (Å²) < 4.78 is 47.9. The molecule has 0 fully saturated rings. The molecule has 0 spiro atoms. The molecule has 0 bridgehead atoms. The van der Waals surface area contributed by atoms with Crippen LogP contribution in [0.2, 0.25) is 0 Å². The van der Waals surface area contributed by atoms with E-state index in [4.69, 9.17) is 15.2 Å². The fraction of sp³-hybridized carbons (Fsp3) is 0.625. The molecule has 0 saturated heterocycles. The van der Waals surface area contributed by atoms with Gasteiger partial charge in [0.05, 0.1) is 12.6 Å². The molecule has 0 aliphatic carbocycles. The van der Waals surface area contributed by atoms with E-state index in [1.807, 2.05) is 0 Å². The molecule has 0 aromatic carbocycles. The predicted molar refractivity (Wildman–Crippen MR) is 90.7 cm³/mol. The summed E-state index contributed by atoms with van der Waals surface area (Å²) in [6.45, 7) is 4.80. The van der Waals surface area contributed by atoms with Crippen molar-refractivity contribution >= 4 is 11.9 Å². The minimum absolute atomic E-state index is 0.112. The van der Waals surface area contributed by atoms with E-state index in [-0.39, 0.29) is 12.4 Å². The lowest BCUT2D eigenvalue weighted by atomic mass is 10.1.